The van der Waals surface area contributed by atoms with Gasteiger partial charge in [0.15, 0.2) is 0 Å². The molecule has 1 rings (SSSR count). The molecule has 1 atom stereocenters. The Morgan fingerprint density at radius 1 is 1.50 bits per heavy atom. The first-order valence-electron chi connectivity index (χ1n) is 3.97. The second-order valence-corrected chi connectivity index (χ2v) is 3.07. The van der Waals surface area contributed by atoms with Crippen molar-refractivity contribution >= 4 is 0 Å². The molecule has 0 bridgehead atoms. The highest BCUT2D eigenvalue weighted by Gasteiger charge is 2.21. The number of nitrogens with zero attached hydrogens (tertiary/aromatic N) is 1. The summed E-state index contributed by atoms with van der Waals surface area (Å²) >= 11 is 0. The van der Waals surface area contributed by atoms with Gasteiger partial charge in [-0.2, -0.15) is 5.26 Å². The maximum absolute atomic E-state index is 8.37. The lowest BCUT2D eigenvalue weighted by atomic mass is 9.97. The summed E-state index contributed by atoms with van der Waals surface area (Å²) in [5.41, 5.74) is 5.77. The number of nitriles is 1. The summed E-state index contributed by atoms with van der Waals surface area (Å²) in [6, 6.07) is 2.27. The Balaban J connectivity index is 2.26. The van der Waals surface area contributed by atoms with E-state index in [9.17, 15) is 0 Å². The van der Waals surface area contributed by atoms with E-state index in [4.69, 9.17) is 11.0 Å². The summed E-state index contributed by atoms with van der Waals surface area (Å²) in [5, 5.41) is 8.37. The van der Waals surface area contributed by atoms with Crippen LogP contribution in [0.25, 0.3) is 0 Å². The number of hydrogen-bond acceptors (Lipinski definition) is 2. The highest BCUT2D eigenvalue weighted by Crippen LogP contribution is 2.27. The van der Waals surface area contributed by atoms with Crippen LogP contribution in [0.4, 0.5) is 0 Å². The van der Waals surface area contributed by atoms with Crippen molar-refractivity contribution in [2.45, 2.75) is 38.1 Å². The summed E-state index contributed by atoms with van der Waals surface area (Å²) in [4.78, 5) is 0. The van der Waals surface area contributed by atoms with Crippen molar-refractivity contribution in [3.05, 3.63) is 0 Å². The van der Waals surface area contributed by atoms with Crippen LogP contribution in [0, 0.1) is 17.2 Å². The fourth-order valence-corrected chi connectivity index (χ4v) is 1.66. The van der Waals surface area contributed by atoms with E-state index in [1.54, 1.807) is 0 Å². The average molecular weight is 138 g/mol. The SMILES string of the molecule is N#CC[C@@H](N)C1CCCC1. The maximum Gasteiger partial charge on any atom is 0.0638 e. The van der Waals surface area contributed by atoms with Gasteiger partial charge in [-0.3, -0.25) is 0 Å². The summed E-state index contributed by atoms with van der Waals surface area (Å²) < 4.78 is 0. The maximum atomic E-state index is 8.37. The molecule has 56 valence electrons. The van der Waals surface area contributed by atoms with Gasteiger partial charge in [-0.15, -0.1) is 0 Å². The summed E-state index contributed by atoms with van der Waals surface area (Å²) in [6.07, 6.45) is 5.63. The lowest BCUT2D eigenvalue weighted by Gasteiger charge is -2.14. The molecule has 0 radical (unpaired) electrons. The Hall–Kier alpha value is -0.550. The fraction of sp³-hybridized carbons (Fsp3) is 0.875. The number of rotatable bonds is 2. The molecule has 2 N–H and O–H groups in total. The van der Waals surface area contributed by atoms with Crippen molar-refractivity contribution in [3.63, 3.8) is 0 Å². The molecule has 2 nitrogen and oxygen atoms in total. The van der Waals surface area contributed by atoms with Crippen LogP contribution in [0.3, 0.4) is 0 Å². The molecule has 1 saturated carbocycles. The zero-order valence-corrected chi connectivity index (χ0v) is 6.21. The van der Waals surface area contributed by atoms with Gasteiger partial charge >= 0.3 is 0 Å². The first-order valence-corrected chi connectivity index (χ1v) is 3.97. The predicted octanol–water partition coefficient (Wildman–Crippen LogP) is 1.42. The Kier molecular flexibility index (Phi) is 2.70. The van der Waals surface area contributed by atoms with Crippen molar-refractivity contribution in [3.8, 4) is 6.07 Å². The molecule has 1 aliphatic rings. The minimum Gasteiger partial charge on any atom is -0.327 e. The van der Waals surface area contributed by atoms with Gasteiger partial charge in [0.05, 0.1) is 12.5 Å². The van der Waals surface area contributed by atoms with Crippen LogP contribution in [0.15, 0.2) is 0 Å². The van der Waals surface area contributed by atoms with Crippen molar-refractivity contribution in [1.82, 2.24) is 0 Å². The van der Waals surface area contributed by atoms with Gasteiger partial charge in [-0.05, 0) is 18.8 Å². The van der Waals surface area contributed by atoms with Crippen LogP contribution in [0.5, 0.6) is 0 Å². The number of hydrogen-bond donors (Lipinski definition) is 1. The molecule has 10 heavy (non-hydrogen) atoms. The third kappa shape index (κ3) is 1.71. The van der Waals surface area contributed by atoms with Crippen LogP contribution >= 0.6 is 0 Å². The summed E-state index contributed by atoms with van der Waals surface area (Å²) in [5.74, 6) is 0.639. The van der Waals surface area contributed by atoms with E-state index in [0.717, 1.165) is 0 Å². The molecule has 0 amide bonds. The smallest absolute Gasteiger partial charge is 0.0638 e. The van der Waals surface area contributed by atoms with Crippen molar-refractivity contribution in [1.29, 1.82) is 5.26 Å². The summed E-state index contributed by atoms with van der Waals surface area (Å²) in [6.45, 7) is 0. The van der Waals surface area contributed by atoms with Crippen molar-refractivity contribution in [2.75, 3.05) is 0 Å². The highest BCUT2D eigenvalue weighted by molar-refractivity contribution is 4.85. The zero-order chi connectivity index (χ0) is 7.40. The lowest BCUT2D eigenvalue weighted by Crippen LogP contribution is -2.27. The van der Waals surface area contributed by atoms with Crippen LogP contribution in [0.1, 0.15) is 32.1 Å². The Labute approximate surface area is 62.0 Å². The molecule has 0 spiro atoms. The monoisotopic (exact) mass is 138 g/mol. The van der Waals surface area contributed by atoms with Crippen LogP contribution < -0.4 is 5.73 Å². The van der Waals surface area contributed by atoms with Gasteiger partial charge in [0.2, 0.25) is 0 Å². The number of nitrogens with two attached hydrogens (primary N) is 1. The zero-order valence-electron chi connectivity index (χ0n) is 6.21. The quantitative estimate of drug-likeness (QED) is 0.627. The first-order chi connectivity index (χ1) is 4.84. The average Bonchev–Trinajstić information content (AvgIpc) is 2.38. The van der Waals surface area contributed by atoms with Crippen LogP contribution in [-0.4, -0.2) is 6.04 Å². The standard InChI is InChI=1S/C8H14N2/c9-6-5-8(10)7-3-1-2-4-7/h7-8H,1-5,10H2/t8-/m1/s1. The summed E-state index contributed by atoms with van der Waals surface area (Å²) in [7, 11) is 0. The van der Waals surface area contributed by atoms with E-state index < -0.39 is 0 Å². The van der Waals surface area contributed by atoms with E-state index in [1.165, 1.54) is 25.7 Å². The van der Waals surface area contributed by atoms with Crippen LogP contribution in [0.2, 0.25) is 0 Å². The minimum absolute atomic E-state index is 0.146. The minimum atomic E-state index is 0.146. The van der Waals surface area contributed by atoms with Gasteiger partial charge in [0.1, 0.15) is 0 Å². The second-order valence-electron chi connectivity index (χ2n) is 3.07. The van der Waals surface area contributed by atoms with Crippen molar-refractivity contribution in [2.24, 2.45) is 11.7 Å². The Morgan fingerprint density at radius 2 is 2.10 bits per heavy atom. The first kappa shape index (κ1) is 7.56. The van der Waals surface area contributed by atoms with Crippen LogP contribution in [-0.2, 0) is 0 Å². The predicted molar refractivity (Wildman–Crippen MR) is 40.2 cm³/mol. The molecule has 0 aromatic carbocycles. The Bertz CT molecular complexity index is 131. The van der Waals surface area contributed by atoms with Gasteiger partial charge in [0, 0.05) is 6.04 Å². The molecular weight excluding hydrogens is 124 g/mol. The van der Waals surface area contributed by atoms with E-state index in [0.29, 0.717) is 12.3 Å². The highest BCUT2D eigenvalue weighted by atomic mass is 14.6. The molecule has 0 aliphatic heterocycles. The van der Waals surface area contributed by atoms with Gasteiger partial charge < -0.3 is 5.73 Å². The molecule has 0 unspecified atom stereocenters. The molecule has 0 heterocycles. The molecule has 1 aliphatic carbocycles. The van der Waals surface area contributed by atoms with E-state index >= 15 is 0 Å². The van der Waals surface area contributed by atoms with Gasteiger partial charge in [-0.1, -0.05) is 12.8 Å². The topological polar surface area (TPSA) is 49.8 Å². The van der Waals surface area contributed by atoms with E-state index in [2.05, 4.69) is 6.07 Å². The lowest BCUT2D eigenvalue weighted by molar-refractivity contribution is 0.437. The second kappa shape index (κ2) is 3.58. The normalized spacial score (nSPS) is 22.4. The fourth-order valence-electron chi connectivity index (χ4n) is 1.66. The third-order valence-corrected chi connectivity index (χ3v) is 2.33. The molecule has 0 aromatic heterocycles. The largest absolute Gasteiger partial charge is 0.327 e. The molecular formula is C8H14N2. The molecule has 2 heteroatoms. The molecule has 0 aromatic rings. The Morgan fingerprint density at radius 3 is 2.60 bits per heavy atom. The van der Waals surface area contributed by atoms with E-state index in [-0.39, 0.29) is 6.04 Å². The third-order valence-electron chi connectivity index (χ3n) is 2.33. The van der Waals surface area contributed by atoms with Gasteiger partial charge in [0.25, 0.3) is 0 Å². The molecule has 0 saturated heterocycles. The molecule has 1 fully saturated rings. The van der Waals surface area contributed by atoms with Gasteiger partial charge in [-0.25, -0.2) is 0 Å². The van der Waals surface area contributed by atoms with E-state index in [1.807, 2.05) is 0 Å². The van der Waals surface area contributed by atoms with Crippen molar-refractivity contribution < 1.29 is 0 Å².